The van der Waals surface area contributed by atoms with E-state index in [0.717, 1.165) is 39.5 Å². The van der Waals surface area contributed by atoms with Crippen LogP contribution in [0.2, 0.25) is 0 Å². The summed E-state index contributed by atoms with van der Waals surface area (Å²) in [6.07, 6.45) is 0.891. The lowest BCUT2D eigenvalue weighted by Crippen LogP contribution is -2.48. The molecule has 164 valence electrons. The van der Waals surface area contributed by atoms with Gasteiger partial charge in [-0.1, -0.05) is 36.4 Å². The fourth-order valence-electron chi connectivity index (χ4n) is 3.24. The van der Waals surface area contributed by atoms with E-state index in [9.17, 15) is 22.0 Å². The van der Waals surface area contributed by atoms with E-state index in [1.807, 2.05) is 42.5 Å². The van der Waals surface area contributed by atoms with E-state index in [1.165, 1.54) is 6.92 Å². The lowest BCUT2D eigenvalue weighted by molar-refractivity contribution is -0.121. The van der Waals surface area contributed by atoms with E-state index in [0.29, 0.717) is 5.75 Å². The Labute approximate surface area is 179 Å². The second-order valence-corrected chi connectivity index (χ2v) is 8.81. The van der Waals surface area contributed by atoms with Crippen LogP contribution in [0.5, 0.6) is 5.75 Å². The summed E-state index contributed by atoms with van der Waals surface area (Å²) in [5.74, 6) is -2.25. The molecule has 3 rings (SSSR count). The highest BCUT2D eigenvalue weighted by Crippen LogP contribution is 2.25. The van der Waals surface area contributed by atoms with Crippen molar-refractivity contribution in [2.45, 2.75) is 13.0 Å². The van der Waals surface area contributed by atoms with Crippen LogP contribution in [0.1, 0.15) is 6.92 Å². The maximum atomic E-state index is 13.6. The first-order chi connectivity index (χ1) is 14.7. The van der Waals surface area contributed by atoms with Crippen molar-refractivity contribution in [2.24, 2.45) is 0 Å². The summed E-state index contributed by atoms with van der Waals surface area (Å²) in [6.45, 7) is 1.65. The number of nitrogens with zero attached hydrogens (tertiary/aromatic N) is 1. The molecule has 1 N–H and O–H groups in total. The van der Waals surface area contributed by atoms with Gasteiger partial charge in [0.15, 0.2) is 11.6 Å². The number of ether oxygens (including phenoxy) is 1. The Balaban J connectivity index is 1.65. The minimum Gasteiger partial charge on any atom is -0.491 e. The molecule has 0 aliphatic rings. The summed E-state index contributed by atoms with van der Waals surface area (Å²) in [7, 11) is -3.94. The van der Waals surface area contributed by atoms with E-state index in [2.05, 4.69) is 5.32 Å². The monoisotopic (exact) mass is 448 g/mol. The van der Waals surface area contributed by atoms with E-state index in [1.54, 1.807) is 0 Å². The third-order valence-corrected chi connectivity index (χ3v) is 5.90. The van der Waals surface area contributed by atoms with Crippen molar-refractivity contribution in [3.05, 3.63) is 72.3 Å². The summed E-state index contributed by atoms with van der Waals surface area (Å²) < 4.78 is 57.8. The van der Waals surface area contributed by atoms with Gasteiger partial charge in [-0.15, -0.1) is 0 Å². The minimum absolute atomic E-state index is 0.127. The molecule has 0 fully saturated rings. The van der Waals surface area contributed by atoms with E-state index in [-0.39, 0.29) is 18.8 Å². The van der Waals surface area contributed by atoms with Gasteiger partial charge in [0.1, 0.15) is 18.4 Å². The number of benzene rings is 3. The molecule has 0 aliphatic carbocycles. The number of fused-ring (bicyclic) bond motifs is 1. The van der Waals surface area contributed by atoms with Gasteiger partial charge in [0.2, 0.25) is 15.9 Å². The summed E-state index contributed by atoms with van der Waals surface area (Å²) in [6, 6.07) is 14.8. The molecule has 0 aliphatic heterocycles. The Hall–Kier alpha value is -3.20. The van der Waals surface area contributed by atoms with E-state index >= 15 is 0 Å². The molecule has 0 radical (unpaired) electrons. The number of halogens is 2. The summed E-state index contributed by atoms with van der Waals surface area (Å²) in [5.41, 5.74) is -0.143. The molecular formula is C22H22F2N2O4S. The maximum Gasteiger partial charge on any atom is 0.243 e. The average Bonchev–Trinajstić information content (AvgIpc) is 2.72. The molecule has 0 heterocycles. The summed E-state index contributed by atoms with van der Waals surface area (Å²) >= 11 is 0. The van der Waals surface area contributed by atoms with Crippen molar-refractivity contribution in [2.75, 3.05) is 23.7 Å². The molecule has 3 aromatic carbocycles. The van der Waals surface area contributed by atoms with Crippen LogP contribution >= 0.6 is 0 Å². The molecule has 3 aromatic rings. The zero-order valence-corrected chi connectivity index (χ0v) is 17.8. The van der Waals surface area contributed by atoms with Crippen molar-refractivity contribution in [3.8, 4) is 5.75 Å². The quantitative estimate of drug-likeness (QED) is 0.536. The fraction of sp³-hybridized carbons (Fsp3) is 0.227. The molecule has 1 unspecified atom stereocenters. The Morgan fingerprint density at radius 3 is 2.48 bits per heavy atom. The predicted molar refractivity (Wildman–Crippen MR) is 116 cm³/mol. The van der Waals surface area contributed by atoms with Gasteiger partial charge in [-0.3, -0.25) is 9.10 Å². The third-order valence-electron chi connectivity index (χ3n) is 4.65. The topological polar surface area (TPSA) is 75.7 Å². The van der Waals surface area contributed by atoms with Gasteiger partial charge in [-0.25, -0.2) is 17.2 Å². The highest BCUT2D eigenvalue weighted by molar-refractivity contribution is 7.92. The second kappa shape index (κ2) is 9.30. The first-order valence-electron chi connectivity index (χ1n) is 9.51. The van der Waals surface area contributed by atoms with Gasteiger partial charge >= 0.3 is 0 Å². The van der Waals surface area contributed by atoms with Crippen LogP contribution in [0, 0.1) is 11.6 Å². The summed E-state index contributed by atoms with van der Waals surface area (Å²) in [4.78, 5) is 12.5. The Morgan fingerprint density at radius 1 is 1.06 bits per heavy atom. The number of sulfonamides is 1. The molecule has 6 nitrogen and oxygen atoms in total. The zero-order valence-electron chi connectivity index (χ0n) is 17.0. The number of carbonyl (C=O) groups is 1. The van der Waals surface area contributed by atoms with Crippen molar-refractivity contribution in [1.29, 1.82) is 0 Å². The minimum atomic E-state index is -3.94. The molecule has 0 aromatic heterocycles. The molecule has 0 bridgehead atoms. The number of carbonyl (C=O) groups excluding carboxylic acids is 1. The lowest BCUT2D eigenvalue weighted by Gasteiger charge is -2.28. The number of amides is 1. The molecule has 1 atom stereocenters. The lowest BCUT2D eigenvalue weighted by atomic mass is 10.1. The van der Waals surface area contributed by atoms with E-state index < -0.39 is 33.6 Å². The number of hydrogen-bond acceptors (Lipinski definition) is 4. The maximum absolute atomic E-state index is 13.6. The van der Waals surface area contributed by atoms with Crippen LogP contribution in [-0.4, -0.2) is 39.8 Å². The number of nitrogens with one attached hydrogen (secondary N) is 1. The smallest absolute Gasteiger partial charge is 0.243 e. The van der Waals surface area contributed by atoms with Gasteiger partial charge in [-0.2, -0.15) is 0 Å². The average molecular weight is 448 g/mol. The molecule has 1 amide bonds. The highest BCUT2D eigenvalue weighted by Gasteiger charge is 2.29. The third kappa shape index (κ3) is 5.29. The fourth-order valence-corrected chi connectivity index (χ4v) is 4.40. The van der Waals surface area contributed by atoms with Gasteiger partial charge in [0.25, 0.3) is 0 Å². The number of anilines is 1. The van der Waals surface area contributed by atoms with Crippen LogP contribution < -0.4 is 14.4 Å². The molecule has 9 heteroatoms. The van der Waals surface area contributed by atoms with Crippen LogP contribution in [0.25, 0.3) is 10.8 Å². The Bertz CT molecular complexity index is 1200. The summed E-state index contributed by atoms with van der Waals surface area (Å²) in [5, 5.41) is 4.57. The van der Waals surface area contributed by atoms with Crippen molar-refractivity contribution in [3.63, 3.8) is 0 Å². The van der Waals surface area contributed by atoms with Crippen LogP contribution in [0.15, 0.2) is 60.7 Å². The first-order valence-corrected chi connectivity index (χ1v) is 11.4. The van der Waals surface area contributed by atoms with E-state index in [4.69, 9.17) is 4.74 Å². The predicted octanol–water partition coefficient (Wildman–Crippen LogP) is 3.47. The first kappa shape index (κ1) is 22.5. The van der Waals surface area contributed by atoms with Crippen LogP contribution in [0.4, 0.5) is 14.5 Å². The number of hydrogen-bond donors (Lipinski definition) is 1. The molecular weight excluding hydrogens is 426 g/mol. The Kier molecular flexibility index (Phi) is 6.74. The molecule has 0 saturated heterocycles. The largest absolute Gasteiger partial charge is 0.491 e. The second-order valence-electron chi connectivity index (χ2n) is 6.95. The van der Waals surface area contributed by atoms with Crippen LogP contribution in [0.3, 0.4) is 0 Å². The van der Waals surface area contributed by atoms with Gasteiger partial charge in [0.05, 0.1) is 18.5 Å². The van der Waals surface area contributed by atoms with Crippen molar-refractivity contribution >= 4 is 32.4 Å². The molecule has 31 heavy (non-hydrogen) atoms. The van der Waals surface area contributed by atoms with Gasteiger partial charge in [0, 0.05) is 11.5 Å². The number of rotatable bonds is 8. The highest BCUT2D eigenvalue weighted by atomic mass is 32.2. The standard InChI is InChI=1S/C22H22F2N2O4S/c1-15(26(31(2,28)29)17-10-11-19(23)20(24)14-17)22(27)25-12-13-30-21-9-5-7-16-6-3-4-8-18(16)21/h3-11,14-15H,12-13H2,1-2H3,(H,25,27). The van der Waals surface area contributed by atoms with Crippen LogP contribution in [-0.2, 0) is 14.8 Å². The Morgan fingerprint density at radius 2 is 1.77 bits per heavy atom. The zero-order chi connectivity index (χ0) is 22.6. The van der Waals surface area contributed by atoms with Gasteiger partial charge < -0.3 is 10.1 Å². The van der Waals surface area contributed by atoms with Gasteiger partial charge in [-0.05, 0) is 30.5 Å². The van der Waals surface area contributed by atoms with Crippen molar-refractivity contribution in [1.82, 2.24) is 5.32 Å². The molecule has 0 spiro atoms. The SMILES string of the molecule is CC(C(=O)NCCOc1cccc2ccccc12)N(c1ccc(F)c(F)c1)S(C)(=O)=O. The molecule has 0 saturated carbocycles. The van der Waals surface area contributed by atoms with Crippen molar-refractivity contribution < 1.29 is 26.7 Å². The normalized spacial score (nSPS) is 12.4.